The number of carbonyl (C=O) groups excluding carboxylic acids is 3. The molecule has 0 atom stereocenters. The van der Waals surface area contributed by atoms with Crippen molar-refractivity contribution in [3.05, 3.63) is 208 Å². The van der Waals surface area contributed by atoms with Crippen LogP contribution in [0.5, 0.6) is 0 Å². The molecule has 16 nitrogen and oxygen atoms in total. The van der Waals surface area contributed by atoms with Crippen LogP contribution in [0.4, 0.5) is 5.82 Å². The highest BCUT2D eigenvalue weighted by molar-refractivity contribution is 6.07. The number of fused-ring (bicyclic) bond motifs is 9. The summed E-state index contributed by atoms with van der Waals surface area (Å²) in [6.07, 6.45) is 31.9. The number of nitrogens with one attached hydrogen (secondary N) is 2. The van der Waals surface area contributed by atoms with Crippen molar-refractivity contribution in [1.82, 2.24) is 59.1 Å². The number of unbranched alkanes of at least 4 members (excludes halogenated alkanes) is 16. The van der Waals surface area contributed by atoms with Gasteiger partial charge in [-0.25, -0.2) is 19.9 Å². The molecule has 0 aliphatic heterocycles. The smallest absolute Gasteiger partial charge is 0.223 e. The van der Waals surface area contributed by atoms with Crippen LogP contribution in [0.3, 0.4) is 0 Å². The molecule has 6 heterocycles. The summed E-state index contributed by atoms with van der Waals surface area (Å²) in [5.41, 5.74) is 25.0. The van der Waals surface area contributed by atoms with Crippen LogP contribution in [0.15, 0.2) is 146 Å². The van der Waals surface area contributed by atoms with E-state index >= 15 is 0 Å². The molecule has 0 spiro atoms. The molecule has 0 bridgehead atoms. The van der Waals surface area contributed by atoms with Crippen molar-refractivity contribution in [2.24, 2.45) is 10.8 Å². The first-order valence-electron chi connectivity index (χ1n) is 46.4. The van der Waals surface area contributed by atoms with Gasteiger partial charge in [-0.15, -0.1) is 0 Å². The van der Waals surface area contributed by atoms with E-state index < -0.39 is 0 Å². The molecule has 0 unspecified atom stereocenters. The maximum absolute atomic E-state index is 13.2. The molecule has 6 aromatic carbocycles. The number of aryl methyl sites for hydroxylation is 3. The molecule has 0 radical (unpaired) electrons. The highest BCUT2D eigenvalue weighted by atomic mass is 16.2. The fourth-order valence-corrected chi connectivity index (χ4v) is 16.4. The summed E-state index contributed by atoms with van der Waals surface area (Å²) < 4.78 is 7.18. The number of pyridine rings is 3. The average molecular weight is 1640 g/mol. The van der Waals surface area contributed by atoms with Gasteiger partial charge in [-0.3, -0.25) is 24.4 Å². The minimum atomic E-state index is -0.224. The third-order valence-electron chi connectivity index (χ3n) is 23.1. The zero-order valence-electron chi connectivity index (χ0n) is 76.6. The predicted molar refractivity (Wildman–Crippen MR) is 507 cm³/mol. The van der Waals surface area contributed by atoms with Crippen LogP contribution < -0.4 is 16.4 Å². The third-order valence-corrected chi connectivity index (χ3v) is 23.1. The molecule has 0 aliphatic rings. The van der Waals surface area contributed by atoms with E-state index in [0.717, 1.165) is 212 Å². The number of para-hydroxylation sites is 3. The summed E-state index contributed by atoms with van der Waals surface area (Å²) in [6.45, 7) is 37.4. The first-order chi connectivity index (χ1) is 58.3. The molecule has 648 valence electrons. The van der Waals surface area contributed by atoms with E-state index in [1.54, 1.807) is 0 Å². The van der Waals surface area contributed by atoms with Crippen LogP contribution in [-0.2, 0) is 85.8 Å². The highest BCUT2D eigenvalue weighted by Crippen LogP contribution is 2.37. The number of hydrogen-bond acceptors (Lipinski definition) is 10. The van der Waals surface area contributed by atoms with Gasteiger partial charge in [0.2, 0.25) is 17.7 Å². The number of amides is 3. The van der Waals surface area contributed by atoms with Gasteiger partial charge in [0, 0.05) is 99.5 Å². The monoisotopic (exact) mass is 1640 g/mol. The average Bonchev–Trinajstić information content (AvgIpc) is 1.62. The van der Waals surface area contributed by atoms with E-state index in [0.29, 0.717) is 51.3 Å². The second-order valence-electron chi connectivity index (χ2n) is 37.4. The topological polar surface area (TPSA) is 197 Å². The number of anilines is 1. The molecule has 12 rings (SSSR count). The Morgan fingerprint density at radius 2 is 0.653 bits per heavy atom. The van der Waals surface area contributed by atoms with Gasteiger partial charge in [-0.1, -0.05) is 313 Å². The number of nitrogens with zero attached hydrogens (tertiary/aromatic N) is 10. The van der Waals surface area contributed by atoms with E-state index in [-0.39, 0.29) is 34.1 Å². The fraction of sp³-hybridized carbons (Fsp3) is 0.514. The quantitative estimate of drug-likeness (QED) is 0.0310. The number of hydrogen-bond donors (Lipinski definition) is 3. The summed E-state index contributed by atoms with van der Waals surface area (Å²) in [4.78, 5) is 70.1. The Kier molecular flexibility index (Phi) is 35.4. The first-order valence-corrected chi connectivity index (χ1v) is 46.4. The zero-order valence-corrected chi connectivity index (χ0v) is 76.6. The van der Waals surface area contributed by atoms with E-state index in [1.807, 2.05) is 23.1 Å². The molecule has 3 amide bonds. The Bertz CT molecular complexity index is 5260. The van der Waals surface area contributed by atoms with Crippen LogP contribution >= 0.6 is 0 Å². The number of aromatic nitrogens is 9. The number of carbonyl (C=O) groups is 3. The lowest BCUT2D eigenvalue weighted by Crippen LogP contribution is -2.45. The number of imidazole rings is 3. The second-order valence-corrected chi connectivity index (χ2v) is 37.4. The largest absolute Gasteiger partial charge is 0.382 e. The Labute approximate surface area is 724 Å². The van der Waals surface area contributed by atoms with Crippen molar-refractivity contribution in [3.8, 4) is 0 Å². The maximum atomic E-state index is 13.2. The molecule has 16 heteroatoms. The van der Waals surface area contributed by atoms with Gasteiger partial charge in [-0.2, -0.15) is 0 Å². The lowest BCUT2D eigenvalue weighted by atomic mass is 9.89. The van der Waals surface area contributed by atoms with Crippen molar-refractivity contribution in [2.45, 2.75) is 341 Å². The van der Waals surface area contributed by atoms with Gasteiger partial charge in [0.1, 0.15) is 34.0 Å². The summed E-state index contributed by atoms with van der Waals surface area (Å²) >= 11 is 0. The van der Waals surface area contributed by atoms with Crippen LogP contribution in [0, 0.1) is 10.8 Å². The summed E-state index contributed by atoms with van der Waals surface area (Å²) in [5, 5.41) is 9.61. The van der Waals surface area contributed by atoms with Crippen molar-refractivity contribution in [2.75, 3.05) is 5.73 Å². The lowest BCUT2D eigenvalue weighted by Gasteiger charge is -2.36. The molecule has 0 saturated heterocycles. The van der Waals surface area contributed by atoms with Gasteiger partial charge in [0.15, 0.2) is 5.82 Å². The Morgan fingerprint density at radius 1 is 0.347 bits per heavy atom. The van der Waals surface area contributed by atoms with Crippen molar-refractivity contribution in [3.63, 3.8) is 0 Å². The maximum Gasteiger partial charge on any atom is 0.223 e. The zero-order chi connectivity index (χ0) is 86.5. The number of nitrogen functional groups attached to an aromatic ring is 1. The molecule has 12 aromatic rings. The van der Waals surface area contributed by atoms with Crippen LogP contribution in [0.1, 0.15) is 327 Å². The molecule has 121 heavy (non-hydrogen) atoms. The molecule has 0 fully saturated rings. The fourth-order valence-electron chi connectivity index (χ4n) is 16.4. The van der Waals surface area contributed by atoms with Crippen molar-refractivity contribution >= 4 is 89.3 Å². The Balaban J connectivity index is 0.000000190. The van der Waals surface area contributed by atoms with Crippen LogP contribution in [0.25, 0.3) is 65.8 Å². The van der Waals surface area contributed by atoms with E-state index in [2.05, 4.69) is 261 Å². The van der Waals surface area contributed by atoms with E-state index in [4.69, 9.17) is 30.7 Å². The summed E-state index contributed by atoms with van der Waals surface area (Å²) in [7, 11) is 0. The summed E-state index contributed by atoms with van der Waals surface area (Å²) in [5.74, 6) is 4.37. The number of nitrogens with two attached hydrogens (primary N) is 1. The second kappa shape index (κ2) is 45.9. The molecule has 0 aliphatic carbocycles. The van der Waals surface area contributed by atoms with Gasteiger partial charge >= 0.3 is 0 Å². The third kappa shape index (κ3) is 27.3. The highest BCUT2D eigenvalue weighted by Gasteiger charge is 2.28. The predicted octanol–water partition coefficient (Wildman–Crippen LogP) is 25.5. The molecular formula is C105H145N13O3. The Hall–Kier alpha value is -9.83. The van der Waals surface area contributed by atoms with Gasteiger partial charge in [0.25, 0.3) is 0 Å². The van der Waals surface area contributed by atoms with Crippen molar-refractivity contribution < 1.29 is 14.4 Å². The van der Waals surface area contributed by atoms with E-state index in [9.17, 15) is 14.4 Å². The number of benzene rings is 6. The first kappa shape index (κ1) is 93.4. The Morgan fingerprint density at radius 3 is 1.01 bits per heavy atom. The lowest BCUT2D eigenvalue weighted by molar-refractivity contribution is -0.137. The van der Waals surface area contributed by atoms with Gasteiger partial charge in [0.05, 0.1) is 44.5 Å². The van der Waals surface area contributed by atoms with Crippen LogP contribution in [0.2, 0.25) is 0 Å². The van der Waals surface area contributed by atoms with Crippen molar-refractivity contribution in [1.29, 1.82) is 0 Å². The van der Waals surface area contributed by atoms with E-state index in [1.165, 1.54) is 103 Å². The standard InChI is InChI=1S/C36H50N4O.C35H48N4O.C34H47N5O/c1-6-8-10-11-12-13-19-33(41)37-25-27-20-22-28(23-21-27)26-40-32(18-9-7-2)39-34-31(24-36(3,4)5)38-30-17-15-14-16-29(30)35(34)40;1-6-8-10-11-12-18-32(40)36-24-26-19-21-27(22-20-26)25-39-31(17-9-7-2)38-33-30(23-35(3,4)5)37-29-16-14-13-15-28(29)34(33)39;1-6-8-10-11-12-18-30(40)39(34(3,4)5)24-26-21-19-25(20-22-26)23-38-29(17-9-7-2)37-31-32(38)27-15-13-14-16-28(27)36-33(31)35/h14-17,20-23H,6-13,18-19,24-26H2,1-5H3,(H,37,41);13-16,19-22H,6-12,17-18,23-25H2,1-5H3,(H,36,40);13-16,19-22H,6-12,17-18,23-24H2,1-5H3,(H2,35,36). The normalized spacial score (nSPS) is 11.9. The molecule has 4 N–H and O–H groups in total. The molecule has 6 aromatic heterocycles. The van der Waals surface area contributed by atoms with Crippen LogP contribution in [-0.4, -0.2) is 71.8 Å². The molecular weight excluding hydrogens is 1490 g/mol. The number of rotatable bonds is 42. The minimum Gasteiger partial charge on any atom is -0.382 e. The SMILES string of the molecule is CCCCCCCC(=O)N(Cc1ccc(Cn2c(CCCC)nc3c(N)nc4ccccc4c32)cc1)C(C)(C)C.CCCCCCCC(=O)NCc1ccc(Cn2c(CCCC)nc3c(CC(C)(C)C)nc4ccccc4c32)cc1.CCCCCCCCC(=O)NCc1ccc(Cn2c(CCCC)nc3c(CC(C)(C)C)nc4ccccc4c32)cc1. The van der Waals surface area contributed by atoms with Gasteiger partial charge in [-0.05, 0) is 135 Å². The van der Waals surface area contributed by atoms with Gasteiger partial charge < -0.3 is 35.0 Å². The summed E-state index contributed by atoms with van der Waals surface area (Å²) in [6, 6.07) is 51.2. The minimum absolute atomic E-state index is 0.121. The molecule has 0 saturated carbocycles.